The molecule has 0 saturated carbocycles. The zero-order valence-corrected chi connectivity index (χ0v) is 7.94. The molecule has 0 spiro atoms. The molecule has 2 rings (SSSR count). The van der Waals surface area contributed by atoms with Crippen LogP contribution >= 0.6 is 0 Å². The number of ether oxygens (including phenoxy) is 1. The third kappa shape index (κ3) is 1.69. The molecule has 1 fully saturated rings. The van der Waals surface area contributed by atoms with Gasteiger partial charge in [-0.3, -0.25) is 0 Å². The summed E-state index contributed by atoms with van der Waals surface area (Å²) < 4.78 is 5.26. The van der Waals surface area contributed by atoms with E-state index in [0.717, 1.165) is 24.4 Å². The zero-order valence-electron chi connectivity index (χ0n) is 7.94. The number of hydrogen-bond donors (Lipinski definition) is 2. The molecule has 0 aromatic carbocycles. The van der Waals surface area contributed by atoms with Crippen LogP contribution in [0.5, 0.6) is 0 Å². The molecule has 14 heavy (non-hydrogen) atoms. The topological polar surface area (TPSA) is 87.0 Å². The SMILES string of the molecule is NCc1cnc(C2CCOC2)nc1N. The Morgan fingerprint density at radius 1 is 1.57 bits per heavy atom. The van der Waals surface area contributed by atoms with Gasteiger partial charge in [0.2, 0.25) is 0 Å². The monoisotopic (exact) mass is 194 g/mol. The summed E-state index contributed by atoms with van der Waals surface area (Å²) in [7, 11) is 0. The van der Waals surface area contributed by atoms with Crippen molar-refractivity contribution in [1.29, 1.82) is 0 Å². The van der Waals surface area contributed by atoms with Gasteiger partial charge in [-0.25, -0.2) is 9.97 Å². The molecule has 0 radical (unpaired) electrons. The van der Waals surface area contributed by atoms with Crippen molar-refractivity contribution >= 4 is 5.82 Å². The molecule has 2 heterocycles. The van der Waals surface area contributed by atoms with E-state index in [9.17, 15) is 0 Å². The summed E-state index contributed by atoms with van der Waals surface area (Å²) in [5.41, 5.74) is 12.0. The van der Waals surface area contributed by atoms with Crippen molar-refractivity contribution in [3.05, 3.63) is 17.6 Å². The Bertz CT molecular complexity index is 323. The normalized spacial score (nSPS) is 21.4. The molecular formula is C9H14N4O. The highest BCUT2D eigenvalue weighted by atomic mass is 16.5. The Kier molecular flexibility index (Phi) is 2.60. The van der Waals surface area contributed by atoms with Crippen LogP contribution in [-0.2, 0) is 11.3 Å². The standard InChI is InChI=1S/C9H14N4O/c10-3-7-4-12-9(13-8(7)11)6-1-2-14-5-6/h4,6H,1-3,5,10H2,(H2,11,12,13). The number of nitrogen functional groups attached to an aromatic ring is 1. The Hall–Kier alpha value is -1.20. The van der Waals surface area contributed by atoms with E-state index in [1.54, 1.807) is 6.20 Å². The van der Waals surface area contributed by atoms with Crippen LogP contribution in [0.4, 0.5) is 5.82 Å². The molecule has 5 nitrogen and oxygen atoms in total. The van der Waals surface area contributed by atoms with Crippen molar-refractivity contribution in [3.8, 4) is 0 Å². The molecular weight excluding hydrogens is 180 g/mol. The zero-order chi connectivity index (χ0) is 9.97. The van der Waals surface area contributed by atoms with Gasteiger partial charge < -0.3 is 16.2 Å². The lowest BCUT2D eigenvalue weighted by atomic mass is 10.1. The highest BCUT2D eigenvalue weighted by Gasteiger charge is 2.20. The van der Waals surface area contributed by atoms with Crippen LogP contribution in [0.1, 0.15) is 23.7 Å². The van der Waals surface area contributed by atoms with E-state index < -0.39 is 0 Å². The van der Waals surface area contributed by atoms with Crippen molar-refractivity contribution in [2.75, 3.05) is 18.9 Å². The van der Waals surface area contributed by atoms with Crippen molar-refractivity contribution in [2.45, 2.75) is 18.9 Å². The molecule has 1 aliphatic heterocycles. The minimum absolute atomic E-state index is 0.295. The van der Waals surface area contributed by atoms with E-state index >= 15 is 0 Å². The largest absolute Gasteiger partial charge is 0.383 e. The van der Waals surface area contributed by atoms with Gasteiger partial charge in [0.25, 0.3) is 0 Å². The predicted molar refractivity (Wildman–Crippen MR) is 52.5 cm³/mol. The number of anilines is 1. The van der Waals surface area contributed by atoms with E-state index in [4.69, 9.17) is 16.2 Å². The molecule has 1 saturated heterocycles. The first-order valence-corrected chi connectivity index (χ1v) is 4.70. The van der Waals surface area contributed by atoms with Crippen LogP contribution in [0.25, 0.3) is 0 Å². The number of rotatable bonds is 2. The molecule has 0 aliphatic carbocycles. The molecule has 1 unspecified atom stereocenters. The van der Waals surface area contributed by atoms with Gasteiger partial charge >= 0.3 is 0 Å². The maximum Gasteiger partial charge on any atom is 0.136 e. The summed E-state index contributed by atoms with van der Waals surface area (Å²) in [6, 6.07) is 0. The summed E-state index contributed by atoms with van der Waals surface area (Å²) in [4.78, 5) is 8.47. The highest BCUT2D eigenvalue weighted by molar-refractivity contribution is 5.37. The number of hydrogen-bond acceptors (Lipinski definition) is 5. The Morgan fingerprint density at radius 2 is 2.43 bits per heavy atom. The first-order chi connectivity index (χ1) is 6.81. The van der Waals surface area contributed by atoms with Gasteiger partial charge in [-0.05, 0) is 6.42 Å². The second-order valence-corrected chi connectivity index (χ2v) is 3.40. The van der Waals surface area contributed by atoms with Crippen LogP contribution in [0.2, 0.25) is 0 Å². The van der Waals surface area contributed by atoms with E-state index in [1.807, 2.05) is 0 Å². The number of aromatic nitrogens is 2. The lowest BCUT2D eigenvalue weighted by molar-refractivity contribution is 0.193. The molecule has 5 heteroatoms. The van der Waals surface area contributed by atoms with Crippen molar-refractivity contribution in [1.82, 2.24) is 9.97 Å². The molecule has 1 aromatic rings. The molecule has 1 aliphatic rings. The third-order valence-corrected chi connectivity index (χ3v) is 2.43. The van der Waals surface area contributed by atoms with Crippen LogP contribution in [0, 0.1) is 0 Å². The van der Waals surface area contributed by atoms with Crippen LogP contribution < -0.4 is 11.5 Å². The van der Waals surface area contributed by atoms with Crippen LogP contribution in [0.3, 0.4) is 0 Å². The van der Waals surface area contributed by atoms with Gasteiger partial charge in [0.15, 0.2) is 0 Å². The summed E-state index contributed by atoms with van der Waals surface area (Å²) in [5.74, 6) is 1.56. The lowest BCUT2D eigenvalue weighted by Gasteiger charge is -2.08. The molecule has 1 atom stereocenters. The second kappa shape index (κ2) is 3.89. The lowest BCUT2D eigenvalue weighted by Crippen LogP contribution is -2.10. The molecule has 1 aromatic heterocycles. The summed E-state index contributed by atoms with van der Waals surface area (Å²) >= 11 is 0. The highest BCUT2D eigenvalue weighted by Crippen LogP contribution is 2.22. The molecule has 0 amide bonds. The fourth-order valence-corrected chi connectivity index (χ4v) is 1.53. The maximum absolute atomic E-state index is 5.73. The Balaban J connectivity index is 2.23. The Morgan fingerprint density at radius 3 is 3.00 bits per heavy atom. The van der Waals surface area contributed by atoms with E-state index in [-0.39, 0.29) is 0 Å². The van der Waals surface area contributed by atoms with Gasteiger partial charge in [-0.2, -0.15) is 0 Å². The van der Waals surface area contributed by atoms with Crippen molar-refractivity contribution < 1.29 is 4.74 Å². The van der Waals surface area contributed by atoms with Crippen molar-refractivity contribution in [2.24, 2.45) is 5.73 Å². The average molecular weight is 194 g/mol. The van der Waals surface area contributed by atoms with E-state index in [0.29, 0.717) is 24.9 Å². The first-order valence-electron chi connectivity index (χ1n) is 4.70. The minimum Gasteiger partial charge on any atom is -0.383 e. The summed E-state index contributed by atoms with van der Waals surface area (Å²) in [5, 5.41) is 0. The van der Waals surface area contributed by atoms with Gasteiger partial charge in [0.05, 0.1) is 6.61 Å². The van der Waals surface area contributed by atoms with Crippen LogP contribution in [-0.4, -0.2) is 23.2 Å². The number of nitrogens with zero attached hydrogens (tertiary/aromatic N) is 2. The quantitative estimate of drug-likeness (QED) is 0.693. The van der Waals surface area contributed by atoms with Crippen LogP contribution in [0.15, 0.2) is 6.20 Å². The maximum atomic E-state index is 5.73. The average Bonchev–Trinajstić information content (AvgIpc) is 2.70. The third-order valence-electron chi connectivity index (χ3n) is 2.43. The van der Waals surface area contributed by atoms with Gasteiger partial charge in [-0.1, -0.05) is 0 Å². The smallest absolute Gasteiger partial charge is 0.136 e. The van der Waals surface area contributed by atoms with Gasteiger partial charge in [0, 0.05) is 30.8 Å². The summed E-state index contributed by atoms with van der Waals surface area (Å²) in [6.45, 7) is 1.86. The number of nitrogens with two attached hydrogens (primary N) is 2. The van der Waals surface area contributed by atoms with E-state index in [2.05, 4.69) is 9.97 Å². The fraction of sp³-hybridized carbons (Fsp3) is 0.556. The first kappa shape index (κ1) is 9.36. The van der Waals surface area contributed by atoms with Gasteiger partial charge in [-0.15, -0.1) is 0 Å². The minimum atomic E-state index is 0.295. The molecule has 0 bridgehead atoms. The van der Waals surface area contributed by atoms with E-state index in [1.165, 1.54) is 0 Å². The van der Waals surface area contributed by atoms with Crippen molar-refractivity contribution in [3.63, 3.8) is 0 Å². The van der Waals surface area contributed by atoms with Gasteiger partial charge in [0.1, 0.15) is 11.6 Å². The molecule has 4 N–H and O–H groups in total. The molecule has 76 valence electrons. The summed E-state index contributed by atoms with van der Waals surface area (Å²) in [6.07, 6.45) is 2.68. The Labute approximate surface area is 82.5 Å². The fourth-order valence-electron chi connectivity index (χ4n) is 1.53. The predicted octanol–water partition coefficient (Wildman–Crippen LogP) is 0.0214. The second-order valence-electron chi connectivity index (χ2n) is 3.40.